The van der Waals surface area contributed by atoms with E-state index < -0.39 is 30.5 Å². The molecule has 8 heteroatoms. The zero-order chi connectivity index (χ0) is 13.9. The molecule has 0 aromatic carbocycles. The van der Waals surface area contributed by atoms with Crippen LogP contribution in [0.4, 0.5) is 0 Å². The van der Waals surface area contributed by atoms with E-state index in [-0.39, 0.29) is 0 Å². The van der Waals surface area contributed by atoms with Crippen LogP contribution in [-0.2, 0) is 23.2 Å². The van der Waals surface area contributed by atoms with Gasteiger partial charge in [-0.1, -0.05) is 0 Å². The normalized spacial score (nSPS) is 13.5. The molecule has 0 spiro atoms. The highest BCUT2D eigenvalue weighted by molar-refractivity contribution is 7.57. The predicted octanol–water partition coefficient (Wildman–Crippen LogP) is 1.55. The van der Waals surface area contributed by atoms with Gasteiger partial charge in [-0.15, -0.1) is 0 Å². The maximum absolute atomic E-state index is 11.8. The van der Waals surface area contributed by atoms with E-state index >= 15 is 0 Å². The van der Waals surface area contributed by atoms with Crippen molar-refractivity contribution in [2.24, 2.45) is 5.41 Å². The lowest BCUT2D eigenvalue weighted by atomic mass is 9.85. The van der Waals surface area contributed by atoms with Crippen LogP contribution in [0.25, 0.3) is 0 Å². The molecule has 0 unspecified atom stereocenters. The van der Waals surface area contributed by atoms with E-state index in [9.17, 15) is 14.2 Å². The van der Waals surface area contributed by atoms with Crippen molar-refractivity contribution in [2.45, 2.75) is 13.8 Å². The molecule has 0 aliphatic rings. The second kappa shape index (κ2) is 5.44. The molecule has 0 aromatic rings. The monoisotopic (exact) mass is 266 g/mol. The first-order valence-corrected chi connectivity index (χ1v) is 6.13. The molecule has 0 aliphatic heterocycles. The molecule has 0 rings (SSSR count). The second-order valence-electron chi connectivity index (χ2n) is 3.68. The van der Waals surface area contributed by atoms with E-state index in [2.05, 4.69) is 9.05 Å². The molecule has 17 heavy (non-hydrogen) atoms. The minimum Gasteiger partial charge on any atom is -0.481 e. The second-order valence-corrected chi connectivity index (χ2v) is 5.75. The van der Waals surface area contributed by atoms with Crippen LogP contribution in [0.2, 0.25) is 0 Å². The zero-order valence-corrected chi connectivity index (χ0v) is 10.9. The van der Waals surface area contributed by atoms with Crippen molar-refractivity contribution < 1.29 is 33.4 Å². The van der Waals surface area contributed by atoms with Crippen LogP contribution in [0.15, 0.2) is 11.4 Å². The summed E-state index contributed by atoms with van der Waals surface area (Å²) >= 11 is 0. The smallest absolute Gasteiger partial charge is 0.354 e. The molecule has 0 fully saturated rings. The minimum atomic E-state index is -3.73. The Morgan fingerprint density at radius 1 is 1.18 bits per heavy atom. The van der Waals surface area contributed by atoms with Crippen LogP contribution < -0.4 is 0 Å². The van der Waals surface area contributed by atoms with Gasteiger partial charge in [-0.05, 0) is 13.8 Å². The molecule has 7 nitrogen and oxygen atoms in total. The van der Waals surface area contributed by atoms with Crippen LogP contribution in [0.1, 0.15) is 13.8 Å². The van der Waals surface area contributed by atoms with Gasteiger partial charge in [0, 0.05) is 20.0 Å². The van der Waals surface area contributed by atoms with E-state index in [0.29, 0.717) is 5.82 Å². The number of aliphatic carboxylic acids is 2. The molecule has 0 bridgehead atoms. The fourth-order valence-electron chi connectivity index (χ4n) is 0.937. The predicted molar refractivity (Wildman–Crippen MR) is 58.8 cm³/mol. The molecule has 0 heterocycles. The van der Waals surface area contributed by atoms with Crippen molar-refractivity contribution >= 4 is 19.5 Å². The molecule has 0 aromatic heterocycles. The lowest BCUT2D eigenvalue weighted by Crippen LogP contribution is -2.30. The first-order valence-electron chi connectivity index (χ1n) is 4.52. The quantitative estimate of drug-likeness (QED) is 0.554. The highest BCUT2D eigenvalue weighted by Gasteiger charge is 2.38. The average molecular weight is 266 g/mol. The molecule has 0 saturated heterocycles. The molecule has 0 atom stereocenters. The maximum Gasteiger partial charge on any atom is 0.354 e. The molecular weight excluding hydrogens is 251 g/mol. The third-order valence-electron chi connectivity index (χ3n) is 2.23. The topological polar surface area (TPSA) is 110 Å². The summed E-state index contributed by atoms with van der Waals surface area (Å²) in [5.41, 5.74) is -2.27. The highest BCUT2D eigenvalue weighted by Crippen LogP contribution is 2.50. The van der Waals surface area contributed by atoms with Gasteiger partial charge in [-0.3, -0.25) is 9.36 Å². The summed E-state index contributed by atoms with van der Waals surface area (Å²) in [4.78, 5) is 22.0. The first-order chi connectivity index (χ1) is 7.60. The van der Waals surface area contributed by atoms with Crippen LogP contribution in [-0.4, -0.2) is 36.4 Å². The lowest BCUT2D eigenvalue weighted by molar-refractivity contribution is -0.148. The summed E-state index contributed by atoms with van der Waals surface area (Å²) in [6, 6.07) is 0. The van der Waals surface area contributed by atoms with E-state index in [1.807, 2.05) is 0 Å². The maximum atomic E-state index is 11.8. The van der Waals surface area contributed by atoms with Crippen LogP contribution in [0.3, 0.4) is 0 Å². The number of carbonyl (C=O) groups is 2. The van der Waals surface area contributed by atoms with E-state index in [1.165, 1.54) is 13.8 Å². The van der Waals surface area contributed by atoms with Gasteiger partial charge < -0.3 is 19.3 Å². The van der Waals surface area contributed by atoms with E-state index in [1.54, 1.807) is 0 Å². The Morgan fingerprint density at radius 3 is 1.82 bits per heavy atom. The fourth-order valence-corrected chi connectivity index (χ4v) is 2.05. The van der Waals surface area contributed by atoms with E-state index in [4.69, 9.17) is 10.2 Å². The molecule has 0 saturated carbocycles. The fraction of sp³-hybridized carbons (Fsp3) is 0.556. The molecule has 0 radical (unpaired) electrons. The Bertz CT molecular complexity index is 388. The molecule has 98 valence electrons. The van der Waals surface area contributed by atoms with Crippen molar-refractivity contribution in [1.29, 1.82) is 0 Å². The lowest BCUT2D eigenvalue weighted by Gasteiger charge is -2.21. The van der Waals surface area contributed by atoms with Crippen LogP contribution in [0, 0.1) is 5.41 Å². The van der Waals surface area contributed by atoms with Crippen LogP contribution >= 0.6 is 7.60 Å². The first kappa shape index (κ1) is 15.8. The molecule has 0 aliphatic carbocycles. The number of rotatable bonds is 6. The van der Waals surface area contributed by atoms with Crippen LogP contribution in [0.5, 0.6) is 0 Å². The zero-order valence-electron chi connectivity index (χ0n) is 9.96. The Morgan fingerprint density at radius 2 is 1.59 bits per heavy atom. The Kier molecular flexibility index (Phi) is 5.07. The molecule has 2 N–H and O–H groups in total. The van der Waals surface area contributed by atoms with Gasteiger partial charge in [-0.25, -0.2) is 4.79 Å². The van der Waals surface area contributed by atoms with Gasteiger partial charge in [0.2, 0.25) is 0 Å². The summed E-state index contributed by atoms with van der Waals surface area (Å²) in [6.07, 6.45) is 0. The summed E-state index contributed by atoms with van der Waals surface area (Å²) < 4.78 is 20.8. The largest absolute Gasteiger partial charge is 0.481 e. The van der Waals surface area contributed by atoms with Crippen molar-refractivity contribution in [2.75, 3.05) is 14.2 Å². The van der Waals surface area contributed by atoms with Gasteiger partial charge in [0.15, 0.2) is 0 Å². The van der Waals surface area contributed by atoms with E-state index in [0.717, 1.165) is 14.2 Å². The average Bonchev–Trinajstić information content (AvgIpc) is 2.24. The summed E-state index contributed by atoms with van der Waals surface area (Å²) in [6.45, 7) is 2.37. The van der Waals surface area contributed by atoms with Gasteiger partial charge in [-0.2, -0.15) is 0 Å². The SMILES string of the molecule is COP(=O)(C=C(C(=O)O)C(C)(C)C(=O)O)OC. The number of hydrogen-bond donors (Lipinski definition) is 2. The van der Waals surface area contributed by atoms with Crippen molar-refractivity contribution in [3.05, 3.63) is 11.4 Å². The third-order valence-corrected chi connectivity index (χ3v) is 3.83. The third kappa shape index (κ3) is 3.66. The Hall–Kier alpha value is -1.17. The Balaban J connectivity index is 5.71. The summed E-state index contributed by atoms with van der Waals surface area (Å²) in [7, 11) is -1.58. The highest BCUT2D eigenvalue weighted by atomic mass is 31.2. The van der Waals surface area contributed by atoms with Gasteiger partial charge in [0.25, 0.3) is 0 Å². The number of carboxylic acids is 2. The number of hydrogen-bond acceptors (Lipinski definition) is 5. The van der Waals surface area contributed by atoms with Gasteiger partial charge in [0.1, 0.15) is 0 Å². The van der Waals surface area contributed by atoms with Crippen molar-refractivity contribution in [3.63, 3.8) is 0 Å². The van der Waals surface area contributed by atoms with Crippen molar-refractivity contribution in [1.82, 2.24) is 0 Å². The van der Waals surface area contributed by atoms with Gasteiger partial charge in [0.05, 0.1) is 11.0 Å². The summed E-state index contributed by atoms with van der Waals surface area (Å²) in [5.74, 6) is -2.14. The molecule has 0 amide bonds. The summed E-state index contributed by atoms with van der Waals surface area (Å²) in [5, 5.41) is 17.9. The number of carboxylic acid groups (broad SMARTS) is 2. The standard InChI is InChI=1S/C9H15O7P/c1-9(2,8(12)13)6(7(10)11)5-17(14,15-3)16-4/h5H,1-4H3,(H,10,11)(H,12,13). The Labute approximate surface area is 98.6 Å². The van der Waals surface area contributed by atoms with Crippen molar-refractivity contribution in [3.8, 4) is 0 Å². The molecular formula is C9H15O7P. The van der Waals surface area contributed by atoms with Gasteiger partial charge >= 0.3 is 19.5 Å². The minimum absolute atomic E-state index is 0.558.